The highest BCUT2D eigenvalue weighted by atomic mass is 14.4. The molecule has 0 saturated heterocycles. The summed E-state index contributed by atoms with van der Waals surface area (Å²) in [6, 6.07) is 50.6. The molecule has 0 nitrogen and oxygen atoms in total. The second-order valence-corrected chi connectivity index (χ2v) is 14.5. The van der Waals surface area contributed by atoms with Crippen molar-refractivity contribution in [3.8, 4) is 33.4 Å². The van der Waals surface area contributed by atoms with Gasteiger partial charge in [0.25, 0.3) is 0 Å². The van der Waals surface area contributed by atoms with Gasteiger partial charge in [-0.25, -0.2) is 0 Å². The van der Waals surface area contributed by atoms with Gasteiger partial charge in [0.05, 0.1) is 0 Å². The highest BCUT2D eigenvalue weighted by molar-refractivity contribution is 6.10. The van der Waals surface area contributed by atoms with E-state index < -0.39 is 0 Å². The molecule has 2 aliphatic carbocycles. The monoisotopic (exact) mass is 586 g/mol. The van der Waals surface area contributed by atoms with Crippen LogP contribution in [0.5, 0.6) is 0 Å². The smallest absolute Gasteiger partial charge is 0.0165 e. The van der Waals surface area contributed by atoms with E-state index in [2.05, 4.69) is 161 Å². The molecule has 8 aromatic carbocycles. The minimum absolute atomic E-state index is 0.0690. The molecular formula is C46H34. The normalized spacial score (nSPS) is 15.3. The SMILES string of the molecule is CC1(C)c2cc3cc(-c4cccc5c6c(ccc45)-c4c(ccc5ccccc45)C6(C)C)ccc3cc2-c2ccc3ccccc3c21. The number of benzene rings is 8. The summed E-state index contributed by atoms with van der Waals surface area (Å²) in [5.74, 6) is 0. The lowest BCUT2D eigenvalue weighted by molar-refractivity contribution is 0.666. The van der Waals surface area contributed by atoms with Gasteiger partial charge >= 0.3 is 0 Å². The Morgan fingerprint density at radius 2 is 1.00 bits per heavy atom. The average molecular weight is 587 g/mol. The lowest BCUT2D eigenvalue weighted by Gasteiger charge is -2.24. The fourth-order valence-corrected chi connectivity index (χ4v) is 9.22. The number of hydrogen-bond acceptors (Lipinski definition) is 0. The van der Waals surface area contributed by atoms with Crippen molar-refractivity contribution in [2.24, 2.45) is 0 Å². The van der Waals surface area contributed by atoms with E-state index in [1.807, 2.05) is 0 Å². The van der Waals surface area contributed by atoms with Crippen molar-refractivity contribution in [3.05, 3.63) is 156 Å². The molecule has 0 heterocycles. The van der Waals surface area contributed by atoms with Crippen LogP contribution in [0, 0.1) is 0 Å². The minimum Gasteiger partial charge on any atom is -0.0616 e. The summed E-state index contributed by atoms with van der Waals surface area (Å²) in [5.41, 5.74) is 13.7. The fraction of sp³-hybridized carbons (Fsp3) is 0.130. The number of fused-ring (bicyclic) bond motifs is 13. The molecule has 0 fully saturated rings. The van der Waals surface area contributed by atoms with E-state index >= 15 is 0 Å². The third-order valence-corrected chi connectivity index (χ3v) is 11.4. The van der Waals surface area contributed by atoms with Crippen LogP contribution in [0.4, 0.5) is 0 Å². The molecule has 2 aliphatic rings. The minimum atomic E-state index is -0.0818. The van der Waals surface area contributed by atoms with Crippen LogP contribution in [-0.2, 0) is 10.8 Å². The summed E-state index contributed by atoms with van der Waals surface area (Å²) < 4.78 is 0. The molecule has 218 valence electrons. The van der Waals surface area contributed by atoms with Gasteiger partial charge in [0, 0.05) is 10.8 Å². The van der Waals surface area contributed by atoms with Gasteiger partial charge < -0.3 is 0 Å². The maximum absolute atomic E-state index is 2.47. The Bertz CT molecular complexity index is 2630. The van der Waals surface area contributed by atoms with Crippen LogP contribution in [0.1, 0.15) is 49.9 Å². The van der Waals surface area contributed by atoms with Gasteiger partial charge in [0.2, 0.25) is 0 Å². The fourth-order valence-electron chi connectivity index (χ4n) is 9.22. The predicted molar refractivity (Wildman–Crippen MR) is 197 cm³/mol. The largest absolute Gasteiger partial charge is 0.0616 e. The predicted octanol–water partition coefficient (Wildman–Crippen LogP) is 12.6. The third-order valence-electron chi connectivity index (χ3n) is 11.4. The highest BCUT2D eigenvalue weighted by Gasteiger charge is 2.39. The van der Waals surface area contributed by atoms with Crippen molar-refractivity contribution < 1.29 is 0 Å². The topological polar surface area (TPSA) is 0 Å². The molecule has 0 bridgehead atoms. The van der Waals surface area contributed by atoms with Crippen molar-refractivity contribution >= 4 is 43.1 Å². The van der Waals surface area contributed by atoms with Crippen LogP contribution in [0.15, 0.2) is 133 Å². The Kier molecular flexibility index (Phi) is 4.95. The van der Waals surface area contributed by atoms with Crippen LogP contribution in [0.2, 0.25) is 0 Å². The Labute approximate surface area is 270 Å². The van der Waals surface area contributed by atoms with Crippen molar-refractivity contribution in [1.82, 2.24) is 0 Å². The van der Waals surface area contributed by atoms with E-state index in [0.717, 1.165) is 0 Å². The molecule has 0 radical (unpaired) electrons. The van der Waals surface area contributed by atoms with E-state index in [0.29, 0.717) is 0 Å². The highest BCUT2D eigenvalue weighted by Crippen LogP contribution is 2.55. The van der Waals surface area contributed by atoms with Gasteiger partial charge in [0.15, 0.2) is 0 Å². The summed E-state index contributed by atoms with van der Waals surface area (Å²) in [6.45, 7) is 9.60. The van der Waals surface area contributed by atoms with Crippen LogP contribution in [-0.4, -0.2) is 0 Å². The van der Waals surface area contributed by atoms with Crippen LogP contribution >= 0.6 is 0 Å². The van der Waals surface area contributed by atoms with Gasteiger partial charge in [-0.3, -0.25) is 0 Å². The van der Waals surface area contributed by atoms with Gasteiger partial charge in [-0.05, 0) is 117 Å². The summed E-state index contributed by atoms with van der Waals surface area (Å²) >= 11 is 0. The zero-order valence-corrected chi connectivity index (χ0v) is 26.7. The molecule has 0 amide bonds. The molecule has 0 saturated carbocycles. The van der Waals surface area contributed by atoms with Crippen LogP contribution < -0.4 is 0 Å². The van der Waals surface area contributed by atoms with Gasteiger partial charge in [-0.2, -0.15) is 0 Å². The molecule has 0 atom stereocenters. The molecule has 0 heteroatoms. The lowest BCUT2D eigenvalue weighted by atomic mass is 9.79. The molecule has 46 heavy (non-hydrogen) atoms. The standard InChI is InChI=1S/C46H34/c1-45(2)40-23-19-27-10-5-7-12-33(27)42(40)38-22-21-35-32(14-9-15-36(35)44(38)45)30-17-16-29-25-39-37-20-18-28-11-6-8-13-34(28)43(37)46(3,4)41(39)26-31(29)24-30/h5-26H,1-4H3. The van der Waals surface area contributed by atoms with E-state index in [1.165, 1.54) is 98.7 Å². The zero-order valence-electron chi connectivity index (χ0n) is 26.7. The maximum atomic E-state index is 2.47. The van der Waals surface area contributed by atoms with Crippen LogP contribution in [0.3, 0.4) is 0 Å². The van der Waals surface area contributed by atoms with Crippen molar-refractivity contribution in [2.45, 2.75) is 38.5 Å². The van der Waals surface area contributed by atoms with Crippen molar-refractivity contribution in [3.63, 3.8) is 0 Å². The number of rotatable bonds is 1. The second kappa shape index (κ2) is 8.74. The van der Waals surface area contributed by atoms with E-state index in [4.69, 9.17) is 0 Å². The molecule has 0 spiro atoms. The van der Waals surface area contributed by atoms with E-state index in [1.54, 1.807) is 0 Å². The number of hydrogen-bond donors (Lipinski definition) is 0. The Morgan fingerprint density at radius 1 is 0.348 bits per heavy atom. The molecule has 0 unspecified atom stereocenters. The summed E-state index contributed by atoms with van der Waals surface area (Å²) in [7, 11) is 0. The Balaban J connectivity index is 1.16. The van der Waals surface area contributed by atoms with Crippen LogP contribution in [0.25, 0.3) is 76.5 Å². The molecule has 0 N–H and O–H groups in total. The summed E-state index contributed by atoms with van der Waals surface area (Å²) in [6.07, 6.45) is 0. The first-order valence-corrected chi connectivity index (χ1v) is 16.5. The first-order valence-electron chi connectivity index (χ1n) is 16.5. The van der Waals surface area contributed by atoms with E-state index in [9.17, 15) is 0 Å². The summed E-state index contributed by atoms with van der Waals surface area (Å²) in [4.78, 5) is 0. The molecule has 0 aromatic heterocycles. The first-order chi connectivity index (χ1) is 22.3. The molecular weight excluding hydrogens is 553 g/mol. The summed E-state index contributed by atoms with van der Waals surface area (Å²) in [5, 5.41) is 10.6. The van der Waals surface area contributed by atoms with Crippen molar-refractivity contribution in [1.29, 1.82) is 0 Å². The van der Waals surface area contributed by atoms with Gasteiger partial charge in [0.1, 0.15) is 0 Å². The third kappa shape index (κ3) is 3.24. The average Bonchev–Trinajstić information content (AvgIpc) is 3.46. The molecule has 0 aliphatic heterocycles. The molecule has 8 aromatic rings. The first kappa shape index (κ1) is 26.1. The lowest BCUT2D eigenvalue weighted by Crippen LogP contribution is -2.15. The Morgan fingerprint density at radius 3 is 1.85 bits per heavy atom. The second-order valence-electron chi connectivity index (χ2n) is 14.5. The van der Waals surface area contributed by atoms with Crippen molar-refractivity contribution in [2.75, 3.05) is 0 Å². The Hall–Kier alpha value is -5.20. The quantitative estimate of drug-likeness (QED) is 0.179. The van der Waals surface area contributed by atoms with E-state index in [-0.39, 0.29) is 10.8 Å². The van der Waals surface area contributed by atoms with Gasteiger partial charge in [-0.15, -0.1) is 0 Å². The van der Waals surface area contributed by atoms with Gasteiger partial charge in [-0.1, -0.05) is 143 Å². The molecule has 10 rings (SSSR count). The zero-order chi connectivity index (χ0) is 30.9. The maximum Gasteiger partial charge on any atom is 0.0165 e.